The lowest BCUT2D eigenvalue weighted by atomic mass is 10.1. The molecule has 0 spiro atoms. The summed E-state index contributed by atoms with van der Waals surface area (Å²) in [6.45, 7) is 5.85. The number of aromatic nitrogens is 2. The van der Waals surface area contributed by atoms with Gasteiger partial charge in [0.05, 0.1) is 12.4 Å². The van der Waals surface area contributed by atoms with Crippen LogP contribution in [0.3, 0.4) is 0 Å². The van der Waals surface area contributed by atoms with Crippen LogP contribution in [0.5, 0.6) is 0 Å². The fourth-order valence-corrected chi connectivity index (χ4v) is 2.94. The van der Waals surface area contributed by atoms with E-state index in [-0.39, 0.29) is 5.69 Å². The quantitative estimate of drug-likeness (QED) is 0.929. The molecule has 0 radical (unpaired) electrons. The Labute approximate surface area is 135 Å². The van der Waals surface area contributed by atoms with Crippen molar-refractivity contribution < 1.29 is 9.90 Å². The first-order valence-corrected chi connectivity index (χ1v) is 7.72. The number of aromatic carboxylic acids is 1. The molecule has 23 heavy (non-hydrogen) atoms. The molecule has 6 nitrogen and oxygen atoms in total. The molecule has 1 N–H and O–H groups in total. The number of benzene rings is 1. The van der Waals surface area contributed by atoms with E-state index in [0.717, 1.165) is 32.0 Å². The second kappa shape index (κ2) is 6.75. The number of hydrogen-bond donors (Lipinski definition) is 1. The van der Waals surface area contributed by atoms with Crippen molar-refractivity contribution >= 4 is 11.8 Å². The molecule has 0 bridgehead atoms. The average molecular weight is 312 g/mol. The second-order valence-corrected chi connectivity index (χ2v) is 5.83. The van der Waals surface area contributed by atoms with Crippen molar-refractivity contribution in [3.8, 4) is 0 Å². The summed E-state index contributed by atoms with van der Waals surface area (Å²) in [5, 5.41) is 8.89. The number of piperazine rings is 1. The van der Waals surface area contributed by atoms with Crippen LogP contribution in [0.1, 0.15) is 23.0 Å². The minimum Gasteiger partial charge on any atom is -0.476 e. The van der Waals surface area contributed by atoms with Crippen LogP contribution in [0.2, 0.25) is 0 Å². The van der Waals surface area contributed by atoms with Gasteiger partial charge < -0.3 is 10.0 Å². The molecule has 1 atom stereocenters. The fraction of sp³-hybridized carbons (Fsp3) is 0.353. The summed E-state index contributed by atoms with van der Waals surface area (Å²) in [5.74, 6) is -0.313. The number of anilines is 1. The van der Waals surface area contributed by atoms with Crippen LogP contribution in [0.15, 0.2) is 42.7 Å². The lowest BCUT2D eigenvalue weighted by molar-refractivity contribution is 0.0690. The first-order valence-electron chi connectivity index (χ1n) is 7.72. The summed E-state index contributed by atoms with van der Waals surface area (Å²) in [6.07, 6.45) is 2.87. The molecule has 120 valence electrons. The van der Waals surface area contributed by atoms with Gasteiger partial charge in [0.15, 0.2) is 5.69 Å². The van der Waals surface area contributed by atoms with Crippen LogP contribution in [0.4, 0.5) is 5.82 Å². The third kappa shape index (κ3) is 3.65. The Morgan fingerprint density at radius 3 is 2.61 bits per heavy atom. The number of carboxylic acids is 1. The topological polar surface area (TPSA) is 69.6 Å². The molecule has 0 aliphatic carbocycles. The molecule has 2 heterocycles. The molecule has 0 amide bonds. The first-order chi connectivity index (χ1) is 11.1. The Bertz CT molecular complexity index is 660. The van der Waals surface area contributed by atoms with Gasteiger partial charge in [-0.15, -0.1) is 0 Å². The average Bonchev–Trinajstić information content (AvgIpc) is 2.56. The monoisotopic (exact) mass is 312 g/mol. The number of carboxylic acid groups (broad SMARTS) is 1. The number of nitrogens with zero attached hydrogens (tertiary/aromatic N) is 4. The van der Waals surface area contributed by atoms with Gasteiger partial charge in [-0.05, 0) is 12.5 Å². The molecule has 6 heteroatoms. The smallest absolute Gasteiger partial charge is 0.356 e. The van der Waals surface area contributed by atoms with Crippen LogP contribution in [0, 0.1) is 0 Å². The van der Waals surface area contributed by atoms with Gasteiger partial charge in [-0.2, -0.15) is 0 Å². The summed E-state index contributed by atoms with van der Waals surface area (Å²) >= 11 is 0. The van der Waals surface area contributed by atoms with E-state index >= 15 is 0 Å². The van der Waals surface area contributed by atoms with Crippen molar-refractivity contribution in [1.29, 1.82) is 0 Å². The van der Waals surface area contributed by atoms with E-state index in [4.69, 9.17) is 5.11 Å². The van der Waals surface area contributed by atoms with Gasteiger partial charge in [-0.1, -0.05) is 30.3 Å². The van der Waals surface area contributed by atoms with E-state index < -0.39 is 5.97 Å². The fourth-order valence-electron chi connectivity index (χ4n) is 2.94. The van der Waals surface area contributed by atoms with Crippen molar-refractivity contribution in [3.05, 3.63) is 54.0 Å². The first kappa shape index (κ1) is 15.4. The Balaban J connectivity index is 1.63. The van der Waals surface area contributed by atoms with E-state index in [2.05, 4.69) is 51.0 Å². The minimum absolute atomic E-state index is 0.0240. The minimum atomic E-state index is -1.05. The lowest BCUT2D eigenvalue weighted by Crippen LogP contribution is -2.51. The van der Waals surface area contributed by atoms with Crippen LogP contribution >= 0.6 is 0 Å². The van der Waals surface area contributed by atoms with Crippen molar-refractivity contribution in [2.45, 2.75) is 19.5 Å². The zero-order chi connectivity index (χ0) is 16.2. The molecule has 0 unspecified atom stereocenters. The molecule has 3 rings (SSSR count). The predicted octanol–water partition coefficient (Wildman–Crippen LogP) is 1.89. The van der Waals surface area contributed by atoms with E-state index in [1.54, 1.807) is 6.20 Å². The highest BCUT2D eigenvalue weighted by atomic mass is 16.4. The number of hydrogen-bond acceptors (Lipinski definition) is 5. The lowest BCUT2D eigenvalue weighted by Gasteiger charge is -2.40. The third-order valence-electron chi connectivity index (χ3n) is 4.11. The van der Waals surface area contributed by atoms with Gasteiger partial charge in [0, 0.05) is 32.2 Å². The van der Waals surface area contributed by atoms with E-state index in [1.807, 2.05) is 6.07 Å². The highest BCUT2D eigenvalue weighted by Gasteiger charge is 2.25. The number of rotatable bonds is 4. The zero-order valence-corrected chi connectivity index (χ0v) is 13.1. The number of carbonyl (C=O) groups is 1. The molecule has 1 fully saturated rings. The maximum absolute atomic E-state index is 10.8. The summed E-state index contributed by atoms with van der Waals surface area (Å²) in [6, 6.07) is 10.8. The standard InChI is InChI=1S/C17H20N4O2/c1-13-11-20(12-14-5-3-2-4-6-14)7-8-21(13)16-10-18-15(9-19-16)17(22)23/h2-6,9-10,13H,7-8,11-12H2,1H3,(H,22,23)/t13-/m1/s1. The van der Waals surface area contributed by atoms with Gasteiger partial charge in [-0.3, -0.25) is 4.90 Å². The van der Waals surface area contributed by atoms with Crippen molar-refractivity contribution in [3.63, 3.8) is 0 Å². The summed E-state index contributed by atoms with van der Waals surface area (Å²) in [4.78, 5) is 23.7. The van der Waals surface area contributed by atoms with Crippen molar-refractivity contribution in [1.82, 2.24) is 14.9 Å². The maximum Gasteiger partial charge on any atom is 0.356 e. The third-order valence-corrected chi connectivity index (χ3v) is 4.11. The molecule has 1 aromatic carbocycles. The van der Waals surface area contributed by atoms with E-state index in [1.165, 1.54) is 11.8 Å². The molecule has 0 saturated carbocycles. The van der Waals surface area contributed by atoms with Gasteiger partial charge in [0.25, 0.3) is 0 Å². The van der Waals surface area contributed by atoms with Crippen LogP contribution in [0.25, 0.3) is 0 Å². The summed E-state index contributed by atoms with van der Waals surface area (Å²) in [7, 11) is 0. The molecule has 2 aromatic rings. The van der Waals surface area contributed by atoms with Gasteiger partial charge in [-0.25, -0.2) is 14.8 Å². The van der Waals surface area contributed by atoms with Crippen LogP contribution in [-0.4, -0.2) is 51.6 Å². The zero-order valence-electron chi connectivity index (χ0n) is 13.1. The molecule has 1 aliphatic heterocycles. The normalized spacial score (nSPS) is 18.8. The Hall–Kier alpha value is -2.47. The van der Waals surface area contributed by atoms with E-state index in [0.29, 0.717) is 6.04 Å². The largest absolute Gasteiger partial charge is 0.476 e. The molecular weight excluding hydrogens is 292 g/mol. The molecule has 1 saturated heterocycles. The SMILES string of the molecule is C[C@@H]1CN(Cc2ccccc2)CCN1c1cnc(C(=O)O)cn1. The predicted molar refractivity (Wildman–Crippen MR) is 87.5 cm³/mol. The van der Waals surface area contributed by atoms with E-state index in [9.17, 15) is 4.79 Å². The van der Waals surface area contributed by atoms with Crippen molar-refractivity contribution in [2.75, 3.05) is 24.5 Å². The molecule has 1 aliphatic rings. The molecular formula is C17H20N4O2. The Kier molecular flexibility index (Phi) is 4.52. The Morgan fingerprint density at radius 1 is 1.22 bits per heavy atom. The highest BCUT2D eigenvalue weighted by Crippen LogP contribution is 2.19. The maximum atomic E-state index is 10.8. The van der Waals surface area contributed by atoms with Crippen LogP contribution in [-0.2, 0) is 6.54 Å². The second-order valence-electron chi connectivity index (χ2n) is 5.83. The van der Waals surface area contributed by atoms with Gasteiger partial charge >= 0.3 is 5.97 Å². The molecule has 1 aromatic heterocycles. The summed E-state index contributed by atoms with van der Waals surface area (Å²) < 4.78 is 0. The van der Waals surface area contributed by atoms with Crippen molar-refractivity contribution in [2.24, 2.45) is 0 Å². The highest BCUT2D eigenvalue weighted by molar-refractivity contribution is 5.84. The Morgan fingerprint density at radius 2 is 2.00 bits per heavy atom. The van der Waals surface area contributed by atoms with Gasteiger partial charge in [0.2, 0.25) is 0 Å². The van der Waals surface area contributed by atoms with Gasteiger partial charge in [0.1, 0.15) is 5.82 Å². The van der Waals surface area contributed by atoms with Crippen LogP contribution < -0.4 is 4.90 Å². The summed E-state index contributed by atoms with van der Waals surface area (Å²) in [5.41, 5.74) is 1.29.